The number of rotatable bonds is 7. The zero-order valence-corrected chi connectivity index (χ0v) is 16.4. The van der Waals surface area contributed by atoms with E-state index in [1.165, 1.54) is 43.5 Å². The first-order chi connectivity index (χ1) is 13.9. The van der Waals surface area contributed by atoms with E-state index in [-0.39, 0.29) is 28.4 Å². The van der Waals surface area contributed by atoms with Crippen molar-refractivity contribution >= 4 is 21.6 Å². The van der Waals surface area contributed by atoms with Gasteiger partial charge in [0, 0.05) is 23.9 Å². The van der Waals surface area contributed by atoms with Crippen LogP contribution in [0.15, 0.2) is 77.7 Å². The molecular formula is C21H19FN2O4S. The van der Waals surface area contributed by atoms with Crippen molar-refractivity contribution < 1.29 is 22.3 Å². The van der Waals surface area contributed by atoms with Crippen molar-refractivity contribution in [1.29, 1.82) is 0 Å². The zero-order chi connectivity index (χ0) is 20.9. The van der Waals surface area contributed by atoms with Crippen LogP contribution in [0.2, 0.25) is 0 Å². The van der Waals surface area contributed by atoms with Gasteiger partial charge in [-0.15, -0.1) is 0 Å². The first-order valence-corrected chi connectivity index (χ1v) is 10.2. The number of sulfonamides is 1. The van der Waals surface area contributed by atoms with Crippen LogP contribution in [0.3, 0.4) is 0 Å². The van der Waals surface area contributed by atoms with Crippen molar-refractivity contribution in [2.45, 2.75) is 11.4 Å². The summed E-state index contributed by atoms with van der Waals surface area (Å²) >= 11 is 0. The van der Waals surface area contributed by atoms with E-state index in [2.05, 4.69) is 10.0 Å². The molecule has 0 aliphatic carbocycles. The summed E-state index contributed by atoms with van der Waals surface area (Å²) in [6.45, 7) is 0.130. The maximum absolute atomic E-state index is 13.8. The number of anilines is 1. The van der Waals surface area contributed by atoms with Crippen LogP contribution in [0.5, 0.6) is 5.75 Å². The molecular weight excluding hydrogens is 395 g/mol. The minimum Gasteiger partial charge on any atom is -0.494 e. The van der Waals surface area contributed by atoms with E-state index in [9.17, 15) is 17.6 Å². The minimum atomic E-state index is -3.81. The van der Waals surface area contributed by atoms with Crippen LogP contribution in [0.25, 0.3) is 0 Å². The van der Waals surface area contributed by atoms with Gasteiger partial charge in [-0.1, -0.05) is 36.4 Å². The molecule has 1 amide bonds. The Morgan fingerprint density at radius 1 is 1.00 bits per heavy atom. The second-order valence-corrected chi connectivity index (χ2v) is 7.91. The Balaban J connectivity index is 1.74. The van der Waals surface area contributed by atoms with Crippen molar-refractivity contribution in [2.24, 2.45) is 0 Å². The minimum absolute atomic E-state index is 0.0398. The first kappa shape index (κ1) is 20.5. The molecule has 0 unspecified atom stereocenters. The van der Waals surface area contributed by atoms with Crippen LogP contribution in [0, 0.1) is 5.82 Å². The fourth-order valence-electron chi connectivity index (χ4n) is 2.61. The van der Waals surface area contributed by atoms with Gasteiger partial charge >= 0.3 is 0 Å². The zero-order valence-electron chi connectivity index (χ0n) is 15.6. The van der Waals surface area contributed by atoms with Gasteiger partial charge in [0.05, 0.1) is 12.0 Å². The molecule has 3 aromatic rings. The van der Waals surface area contributed by atoms with Crippen molar-refractivity contribution in [3.05, 3.63) is 89.7 Å². The van der Waals surface area contributed by atoms with Crippen molar-refractivity contribution in [1.82, 2.24) is 4.72 Å². The van der Waals surface area contributed by atoms with Gasteiger partial charge < -0.3 is 10.1 Å². The molecule has 6 nitrogen and oxygen atoms in total. The summed E-state index contributed by atoms with van der Waals surface area (Å²) < 4.78 is 46.2. The van der Waals surface area contributed by atoms with Crippen molar-refractivity contribution in [2.75, 3.05) is 12.4 Å². The SMILES string of the molecule is COc1ccc(NC(=O)c2cccc(S(=O)(=O)NCc3ccccc3)c2)cc1F. The lowest BCUT2D eigenvalue weighted by Crippen LogP contribution is -2.23. The average Bonchev–Trinajstić information content (AvgIpc) is 2.73. The number of hydrogen-bond acceptors (Lipinski definition) is 4. The van der Waals surface area contributed by atoms with Gasteiger partial charge in [0.25, 0.3) is 5.91 Å². The van der Waals surface area contributed by atoms with E-state index in [1.54, 1.807) is 12.1 Å². The topological polar surface area (TPSA) is 84.5 Å². The highest BCUT2D eigenvalue weighted by atomic mass is 32.2. The highest BCUT2D eigenvalue weighted by Gasteiger charge is 2.16. The van der Waals surface area contributed by atoms with Gasteiger partial charge in [0.15, 0.2) is 11.6 Å². The first-order valence-electron chi connectivity index (χ1n) is 8.67. The quantitative estimate of drug-likeness (QED) is 0.619. The number of benzene rings is 3. The number of hydrogen-bond donors (Lipinski definition) is 2. The molecule has 8 heteroatoms. The summed E-state index contributed by atoms with van der Waals surface area (Å²) in [6, 6.07) is 18.7. The molecule has 0 aliphatic rings. The van der Waals surface area contributed by atoms with Crippen LogP contribution in [-0.4, -0.2) is 21.4 Å². The third kappa shape index (κ3) is 5.18. The molecule has 0 saturated carbocycles. The average molecular weight is 414 g/mol. The molecule has 0 bridgehead atoms. The van der Waals surface area contributed by atoms with Gasteiger partial charge in [-0.05, 0) is 35.9 Å². The van der Waals surface area contributed by atoms with Crippen molar-refractivity contribution in [3.63, 3.8) is 0 Å². The van der Waals surface area contributed by atoms with E-state index in [0.717, 1.165) is 11.6 Å². The van der Waals surface area contributed by atoms with E-state index < -0.39 is 21.7 Å². The molecule has 150 valence electrons. The third-order valence-electron chi connectivity index (χ3n) is 4.13. The van der Waals surface area contributed by atoms with Crippen LogP contribution >= 0.6 is 0 Å². The standard InChI is InChI=1S/C21H19FN2O4S/c1-28-20-11-10-17(13-19(20)22)24-21(25)16-8-5-9-18(12-16)29(26,27)23-14-15-6-3-2-4-7-15/h2-13,23H,14H2,1H3,(H,24,25). The van der Waals surface area contributed by atoms with Gasteiger partial charge in [-0.3, -0.25) is 4.79 Å². The van der Waals surface area contributed by atoms with Gasteiger partial charge in [-0.2, -0.15) is 0 Å². The predicted molar refractivity (Wildman–Crippen MR) is 108 cm³/mol. The number of ether oxygens (including phenoxy) is 1. The summed E-state index contributed by atoms with van der Waals surface area (Å²) in [5.74, 6) is -1.12. The second-order valence-electron chi connectivity index (χ2n) is 6.14. The molecule has 0 heterocycles. The Kier molecular flexibility index (Phi) is 6.26. The molecule has 0 aromatic heterocycles. The van der Waals surface area contributed by atoms with Crippen LogP contribution < -0.4 is 14.8 Å². The summed E-state index contributed by atoms with van der Waals surface area (Å²) in [6.07, 6.45) is 0. The maximum atomic E-state index is 13.8. The van der Waals surface area contributed by atoms with E-state index in [0.29, 0.717) is 0 Å². The molecule has 3 aromatic carbocycles. The number of methoxy groups -OCH3 is 1. The monoisotopic (exact) mass is 414 g/mol. The molecule has 0 radical (unpaired) electrons. The Morgan fingerprint density at radius 2 is 1.76 bits per heavy atom. The van der Waals surface area contributed by atoms with E-state index in [4.69, 9.17) is 4.74 Å². The Labute approximate surface area is 168 Å². The number of nitrogens with one attached hydrogen (secondary N) is 2. The summed E-state index contributed by atoms with van der Waals surface area (Å²) in [4.78, 5) is 12.4. The normalized spacial score (nSPS) is 11.1. The number of carbonyl (C=O) groups is 1. The van der Waals surface area contributed by atoms with Gasteiger partial charge in [0.2, 0.25) is 10.0 Å². The molecule has 0 saturated heterocycles. The van der Waals surface area contributed by atoms with Crippen LogP contribution in [-0.2, 0) is 16.6 Å². The summed E-state index contributed by atoms with van der Waals surface area (Å²) in [5, 5.41) is 2.54. The lowest BCUT2D eigenvalue weighted by Gasteiger charge is -2.10. The molecule has 29 heavy (non-hydrogen) atoms. The molecule has 0 fully saturated rings. The van der Waals surface area contributed by atoms with Crippen LogP contribution in [0.1, 0.15) is 15.9 Å². The highest BCUT2D eigenvalue weighted by molar-refractivity contribution is 7.89. The lowest BCUT2D eigenvalue weighted by atomic mass is 10.2. The number of carbonyl (C=O) groups excluding carboxylic acids is 1. The van der Waals surface area contributed by atoms with E-state index in [1.807, 2.05) is 18.2 Å². The third-order valence-corrected chi connectivity index (χ3v) is 5.52. The lowest BCUT2D eigenvalue weighted by molar-refractivity contribution is 0.102. The Bertz CT molecular complexity index is 1120. The summed E-state index contributed by atoms with van der Waals surface area (Å²) in [5.41, 5.74) is 1.17. The smallest absolute Gasteiger partial charge is 0.255 e. The fourth-order valence-corrected chi connectivity index (χ4v) is 3.67. The summed E-state index contributed by atoms with van der Waals surface area (Å²) in [7, 11) is -2.47. The number of halogens is 1. The maximum Gasteiger partial charge on any atom is 0.255 e. The Hall–Kier alpha value is -3.23. The fraction of sp³-hybridized carbons (Fsp3) is 0.0952. The molecule has 0 atom stereocenters. The molecule has 0 aliphatic heterocycles. The van der Waals surface area contributed by atoms with E-state index >= 15 is 0 Å². The largest absolute Gasteiger partial charge is 0.494 e. The molecule has 2 N–H and O–H groups in total. The molecule has 3 rings (SSSR count). The predicted octanol–water partition coefficient (Wildman–Crippen LogP) is 3.57. The van der Waals surface area contributed by atoms with Gasteiger partial charge in [-0.25, -0.2) is 17.5 Å². The highest BCUT2D eigenvalue weighted by Crippen LogP contribution is 2.21. The van der Waals surface area contributed by atoms with Gasteiger partial charge in [0.1, 0.15) is 0 Å². The Morgan fingerprint density at radius 3 is 2.45 bits per heavy atom. The molecule has 0 spiro atoms. The second kappa shape index (κ2) is 8.85. The van der Waals surface area contributed by atoms with Crippen molar-refractivity contribution in [3.8, 4) is 5.75 Å². The van der Waals surface area contributed by atoms with Crippen LogP contribution in [0.4, 0.5) is 10.1 Å². The number of amides is 1.